The lowest BCUT2D eigenvalue weighted by Crippen LogP contribution is -2.33. The van der Waals surface area contributed by atoms with Crippen LogP contribution in [-0.4, -0.2) is 24.1 Å². The monoisotopic (exact) mass is 308 g/mol. The minimum atomic E-state index is -0.302. The molecular weight excluding hydrogens is 291 g/mol. The van der Waals surface area contributed by atoms with Gasteiger partial charge in [0.2, 0.25) is 11.8 Å². The van der Waals surface area contributed by atoms with Gasteiger partial charge in [0.15, 0.2) is 0 Å². The minimum Gasteiger partial charge on any atom is -0.352 e. The van der Waals surface area contributed by atoms with E-state index in [1.165, 1.54) is 12.1 Å². The fourth-order valence-corrected chi connectivity index (χ4v) is 3.26. The number of benzene rings is 1. The molecule has 0 radical (unpaired) electrons. The third-order valence-corrected chi connectivity index (χ3v) is 4.31. The van der Waals surface area contributed by atoms with Crippen LogP contribution >= 0.6 is 11.8 Å². The second-order valence-corrected chi connectivity index (χ2v) is 5.82. The lowest BCUT2D eigenvalue weighted by Gasteiger charge is -2.26. The number of thioether (sulfide) groups is 1. The average Bonchev–Trinajstić information content (AvgIpc) is 2.47. The first-order valence-corrected chi connectivity index (χ1v) is 7.70. The van der Waals surface area contributed by atoms with Gasteiger partial charge in [-0.1, -0.05) is 6.58 Å². The Morgan fingerprint density at radius 1 is 1.48 bits per heavy atom. The molecular formula is C15H17FN2O2S. The maximum absolute atomic E-state index is 13.4. The molecule has 112 valence electrons. The third kappa shape index (κ3) is 4.32. The molecule has 6 heteroatoms. The molecule has 0 spiro atoms. The molecule has 4 nitrogen and oxygen atoms in total. The highest BCUT2D eigenvalue weighted by atomic mass is 32.2. The van der Waals surface area contributed by atoms with Crippen LogP contribution in [0.2, 0.25) is 0 Å². The zero-order valence-electron chi connectivity index (χ0n) is 11.5. The SMILES string of the molecule is C=CC(=O)NCCC(=O)NC1CCSc2ccc(F)cc21. The van der Waals surface area contributed by atoms with Crippen LogP contribution in [0.5, 0.6) is 0 Å². The van der Waals surface area contributed by atoms with Crippen molar-refractivity contribution in [2.45, 2.75) is 23.8 Å². The second kappa shape index (κ2) is 7.26. The van der Waals surface area contributed by atoms with Crippen LogP contribution in [0.4, 0.5) is 4.39 Å². The summed E-state index contributed by atoms with van der Waals surface area (Å²) in [7, 11) is 0. The molecule has 0 fully saturated rings. The summed E-state index contributed by atoms with van der Waals surface area (Å²) in [5.41, 5.74) is 0.828. The molecule has 0 saturated heterocycles. The number of rotatable bonds is 5. The van der Waals surface area contributed by atoms with E-state index in [1.807, 2.05) is 0 Å². The van der Waals surface area contributed by atoms with Crippen molar-refractivity contribution in [1.29, 1.82) is 0 Å². The molecule has 2 rings (SSSR count). The summed E-state index contributed by atoms with van der Waals surface area (Å²) < 4.78 is 13.4. The van der Waals surface area contributed by atoms with Gasteiger partial charge < -0.3 is 10.6 Å². The Labute approximate surface area is 127 Å². The fourth-order valence-electron chi connectivity index (χ4n) is 2.15. The van der Waals surface area contributed by atoms with E-state index in [-0.39, 0.29) is 36.6 Å². The van der Waals surface area contributed by atoms with Crippen LogP contribution < -0.4 is 10.6 Å². The molecule has 21 heavy (non-hydrogen) atoms. The number of hydrogen-bond donors (Lipinski definition) is 2. The zero-order chi connectivity index (χ0) is 15.2. The van der Waals surface area contributed by atoms with Gasteiger partial charge in [0.05, 0.1) is 6.04 Å². The summed E-state index contributed by atoms with van der Waals surface area (Å²) >= 11 is 1.67. The predicted octanol–water partition coefficient (Wildman–Crippen LogP) is 2.17. The van der Waals surface area contributed by atoms with Gasteiger partial charge in [0.25, 0.3) is 0 Å². The molecule has 1 aliphatic rings. The summed E-state index contributed by atoms with van der Waals surface area (Å²) in [6.07, 6.45) is 2.12. The van der Waals surface area contributed by atoms with Crippen molar-refractivity contribution in [2.24, 2.45) is 0 Å². The third-order valence-electron chi connectivity index (χ3n) is 3.18. The summed E-state index contributed by atoms with van der Waals surface area (Å²) in [5, 5.41) is 5.44. The second-order valence-electron chi connectivity index (χ2n) is 4.68. The molecule has 2 amide bonds. The molecule has 0 saturated carbocycles. The van der Waals surface area contributed by atoms with Crippen LogP contribution in [0.15, 0.2) is 35.7 Å². The Hall–Kier alpha value is -1.82. The van der Waals surface area contributed by atoms with E-state index in [0.29, 0.717) is 0 Å². The number of carbonyl (C=O) groups is 2. The molecule has 1 aromatic rings. The van der Waals surface area contributed by atoms with Crippen LogP contribution in [0, 0.1) is 5.82 Å². The Morgan fingerprint density at radius 3 is 3.05 bits per heavy atom. The summed E-state index contributed by atoms with van der Waals surface area (Å²) in [6, 6.07) is 4.49. The number of nitrogens with one attached hydrogen (secondary N) is 2. The molecule has 2 N–H and O–H groups in total. The first-order valence-electron chi connectivity index (χ1n) is 6.72. The molecule has 0 aliphatic carbocycles. The highest BCUT2D eigenvalue weighted by Crippen LogP contribution is 2.36. The van der Waals surface area contributed by atoms with E-state index in [2.05, 4.69) is 17.2 Å². The maximum atomic E-state index is 13.4. The number of hydrogen-bond acceptors (Lipinski definition) is 3. The summed E-state index contributed by atoms with van der Waals surface area (Å²) in [4.78, 5) is 23.9. The van der Waals surface area contributed by atoms with Crippen LogP contribution in [0.3, 0.4) is 0 Å². The molecule has 0 bridgehead atoms. The van der Waals surface area contributed by atoms with E-state index < -0.39 is 0 Å². The minimum absolute atomic E-state index is 0.161. The molecule has 1 aliphatic heterocycles. The van der Waals surface area contributed by atoms with Gasteiger partial charge in [-0.2, -0.15) is 0 Å². The topological polar surface area (TPSA) is 58.2 Å². The van der Waals surface area contributed by atoms with Crippen LogP contribution in [0.25, 0.3) is 0 Å². The van der Waals surface area contributed by atoms with Crippen molar-refractivity contribution in [1.82, 2.24) is 10.6 Å². The van der Waals surface area contributed by atoms with Crippen LogP contribution in [-0.2, 0) is 9.59 Å². The van der Waals surface area contributed by atoms with E-state index in [9.17, 15) is 14.0 Å². The van der Waals surface area contributed by atoms with Gasteiger partial charge in [0.1, 0.15) is 5.82 Å². The number of fused-ring (bicyclic) bond motifs is 1. The zero-order valence-corrected chi connectivity index (χ0v) is 12.3. The summed E-state index contributed by atoms with van der Waals surface area (Å²) in [5.74, 6) is 0.126. The molecule has 0 aromatic heterocycles. The Bertz CT molecular complexity index is 563. The smallest absolute Gasteiger partial charge is 0.243 e. The first kappa shape index (κ1) is 15.6. The van der Waals surface area contributed by atoms with Crippen molar-refractivity contribution in [3.8, 4) is 0 Å². The normalized spacial score (nSPS) is 16.7. The molecule has 1 heterocycles. The first-order chi connectivity index (χ1) is 10.1. The lowest BCUT2D eigenvalue weighted by molar-refractivity contribution is -0.122. The Balaban J connectivity index is 1.92. The number of amides is 2. The van der Waals surface area contributed by atoms with Crippen LogP contribution in [0.1, 0.15) is 24.4 Å². The van der Waals surface area contributed by atoms with Gasteiger partial charge in [-0.25, -0.2) is 4.39 Å². The average molecular weight is 308 g/mol. The van der Waals surface area contributed by atoms with Gasteiger partial charge in [-0.3, -0.25) is 9.59 Å². The van der Waals surface area contributed by atoms with E-state index in [1.54, 1.807) is 17.8 Å². The van der Waals surface area contributed by atoms with E-state index in [0.717, 1.165) is 28.7 Å². The van der Waals surface area contributed by atoms with Crippen molar-refractivity contribution in [3.63, 3.8) is 0 Å². The predicted molar refractivity (Wildman–Crippen MR) is 80.4 cm³/mol. The Morgan fingerprint density at radius 2 is 2.29 bits per heavy atom. The number of halogens is 1. The quantitative estimate of drug-likeness (QED) is 0.820. The van der Waals surface area contributed by atoms with Crippen molar-refractivity contribution >= 4 is 23.6 Å². The lowest BCUT2D eigenvalue weighted by atomic mass is 10.0. The largest absolute Gasteiger partial charge is 0.352 e. The van der Waals surface area contributed by atoms with Gasteiger partial charge in [-0.05, 0) is 36.3 Å². The Kier molecular flexibility index (Phi) is 5.38. The van der Waals surface area contributed by atoms with Gasteiger partial charge >= 0.3 is 0 Å². The summed E-state index contributed by atoms with van der Waals surface area (Å²) in [6.45, 7) is 3.59. The standard InChI is InChI=1S/C15H17FN2O2S/c1-2-14(19)17-7-5-15(20)18-12-6-8-21-13-4-3-10(16)9-11(12)13/h2-4,9,12H,1,5-8H2,(H,17,19)(H,18,20). The van der Waals surface area contributed by atoms with E-state index in [4.69, 9.17) is 0 Å². The highest BCUT2D eigenvalue weighted by molar-refractivity contribution is 7.99. The van der Waals surface area contributed by atoms with Crippen molar-refractivity contribution in [2.75, 3.05) is 12.3 Å². The maximum Gasteiger partial charge on any atom is 0.243 e. The van der Waals surface area contributed by atoms with Crippen molar-refractivity contribution in [3.05, 3.63) is 42.2 Å². The molecule has 1 aromatic carbocycles. The highest BCUT2D eigenvalue weighted by Gasteiger charge is 2.22. The molecule has 1 atom stereocenters. The van der Waals surface area contributed by atoms with E-state index >= 15 is 0 Å². The van der Waals surface area contributed by atoms with Gasteiger partial charge in [-0.15, -0.1) is 11.8 Å². The van der Waals surface area contributed by atoms with Gasteiger partial charge in [0, 0.05) is 23.6 Å². The number of carbonyl (C=O) groups excluding carboxylic acids is 2. The molecule has 1 unspecified atom stereocenters. The fraction of sp³-hybridized carbons (Fsp3) is 0.333. The van der Waals surface area contributed by atoms with Crippen molar-refractivity contribution < 1.29 is 14.0 Å².